The molecule has 0 radical (unpaired) electrons. The van der Waals surface area contributed by atoms with Crippen LogP contribution in [0.3, 0.4) is 0 Å². The normalized spacial score (nSPS) is 14.3. The molecule has 1 aliphatic carbocycles. The number of rotatable bonds is 6. The molecule has 110 valence electrons. The number of methoxy groups -OCH3 is 1. The van der Waals surface area contributed by atoms with Crippen molar-refractivity contribution in [2.75, 3.05) is 20.3 Å². The largest absolute Gasteiger partial charge is 0.477 e. The number of aromatic carboxylic acids is 1. The lowest BCUT2D eigenvalue weighted by molar-refractivity contribution is 0.0678. The number of nitrogens with zero attached hydrogens (tertiary/aromatic N) is 1. The highest BCUT2D eigenvalue weighted by Gasteiger charge is 2.35. The van der Waals surface area contributed by atoms with E-state index >= 15 is 0 Å². The Labute approximate surface area is 117 Å². The Morgan fingerprint density at radius 1 is 1.40 bits per heavy atom. The van der Waals surface area contributed by atoms with E-state index in [2.05, 4.69) is 4.98 Å². The van der Waals surface area contributed by atoms with Crippen LogP contribution < -0.4 is 0 Å². The number of amides is 1. The lowest BCUT2D eigenvalue weighted by atomic mass is 10.1. The number of ether oxygens (including phenoxy) is 1. The first-order valence-corrected chi connectivity index (χ1v) is 6.69. The Bertz CT molecular complexity index is 532. The second kappa shape index (κ2) is 5.66. The molecule has 1 saturated carbocycles. The van der Waals surface area contributed by atoms with Crippen LogP contribution in [0.4, 0.5) is 0 Å². The topological polar surface area (TPSA) is 82.6 Å². The molecule has 1 aliphatic rings. The first kappa shape index (κ1) is 14.6. The second-order valence-electron chi connectivity index (χ2n) is 5.15. The summed E-state index contributed by atoms with van der Waals surface area (Å²) in [6, 6.07) is 0.264. The van der Waals surface area contributed by atoms with Crippen LogP contribution in [0.15, 0.2) is 0 Å². The molecule has 20 heavy (non-hydrogen) atoms. The average Bonchev–Trinajstić information content (AvgIpc) is 3.16. The van der Waals surface area contributed by atoms with Crippen LogP contribution in [0.1, 0.15) is 44.9 Å². The highest BCUT2D eigenvalue weighted by atomic mass is 16.5. The molecule has 0 saturated heterocycles. The van der Waals surface area contributed by atoms with Crippen molar-refractivity contribution in [1.82, 2.24) is 9.88 Å². The number of aryl methyl sites for hydroxylation is 1. The summed E-state index contributed by atoms with van der Waals surface area (Å²) < 4.78 is 5.04. The third-order valence-corrected chi connectivity index (χ3v) is 3.65. The van der Waals surface area contributed by atoms with Gasteiger partial charge < -0.3 is 19.7 Å². The van der Waals surface area contributed by atoms with E-state index in [1.165, 1.54) is 0 Å². The van der Waals surface area contributed by atoms with E-state index in [-0.39, 0.29) is 17.6 Å². The zero-order valence-electron chi connectivity index (χ0n) is 12.0. The molecule has 0 spiro atoms. The number of carboxylic acid groups (broad SMARTS) is 1. The maximum atomic E-state index is 12.7. The molecule has 1 aromatic rings. The molecule has 0 atom stereocenters. The third-order valence-electron chi connectivity index (χ3n) is 3.65. The maximum Gasteiger partial charge on any atom is 0.352 e. The van der Waals surface area contributed by atoms with Gasteiger partial charge in [-0.1, -0.05) is 0 Å². The van der Waals surface area contributed by atoms with Crippen LogP contribution >= 0.6 is 0 Å². The number of H-pyrrole nitrogens is 1. The highest BCUT2D eigenvalue weighted by molar-refractivity contribution is 6.01. The van der Waals surface area contributed by atoms with Crippen molar-refractivity contribution in [3.8, 4) is 0 Å². The average molecular weight is 280 g/mol. The Morgan fingerprint density at radius 3 is 2.50 bits per heavy atom. The van der Waals surface area contributed by atoms with Gasteiger partial charge in [-0.25, -0.2) is 4.79 Å². The van der Waals surface area contributed by atoms with E-state index in [4.69, 9.17) is 9.84 Å². The van der Waals surface area contributed by atoms with E-state index in [9.17, 15) is 9.59 Å². The summed E-state index contributed by atoms with van der Waals surface area (Å²) in [6.07, 6.45) is 2.01. The molecule has 0 aromatic carbocycles. The summed E-state index contributed by atoms with van der Waals surface area (Å²) in [4.78, 5) is 28.4. The van der Waals surface area contributed by atoms with Gasteiger partial charge in [-0.2, -0.15) is 0 Å². The SMILES string of the molecule is COCCN(C(=O)c1c(C)[nH]c(C(=O)O)c1C)C1CC1. The first-order chi connectivity index (χ1) is 9.47. The summed E-state index contributed by atoms with van der Waals surface area (Å²) in [5, 5.41) is 9.11. The number of hydrogen-bond donors (Lipinski definition) is 2. The Balaban J connectivity index is 2.29. The lowest BCUT2D eigenvalue weighted by Gasteiger charge is -2.22. The number of nitrogens with one attached hydrogen (secondary N) is 1. The van der Waals surface area contributed by atoms with Gasteiger partial charge in [-0.05, 0) is 32.3 Å². The molecular weight excluding hydrogens is 260 g/mol. The molecule has 1 heterocycles. The van der Waals surface area contributed by atoms with Gasteiger partial charge in [0.25, 0.3) is 5.91 Å². The predicted octanol–water partition coefficient (Wildman–Crippen LogP) is 1.58. The quantitative estimate of drug-likeness (QED) is 0.828. The minimum atomic E-state index is -1.04. The van der Waals surface area contributed by atoms with Gasteiger partial charge in [0.05, 0.1) is 12.2 Å². The van der Waals surface area contributed by atoms with E-state index in [0.29, 0.717) is 30.0 Å². The zero-order chi connectivity index (χ0) is 14.9. The number of aromatic nitrogens is 1. The van der Waals surface area contributed by atoms with Gasteiger partial charge in [0.15, 0.2) is 0 Å². The smallest absolute Gasteiger partial charge is 0.352 e. The minimum Gasteiger partial charge on any atom is -0.477 e. The second-order valence-corrected chi connectivity index (χ2v) is 5.15. The van der Waals surface area contributed by atoms with Gasteiger partial charge in [0.1, 0.15) is 5.69 Å². The van der Waals surface area contributed by atoms with Crippen LogP contribution in [-0.2, 0) is 4.74 Å². The highest BCUT2D eigenvalue weighted by Crippen LogP contribution is 2.30. The van der Waals surface area contributed by atoms with Crippen molar-refractivity contribution in [3.63, 3.8) is 0 Å². The summed E-state index contributed by atoms with van der Waals surface area (Å²) in [5.74, 6) is -1.15. The Morgan fingerprint density at radius 2 is 2.05 bits per heavy atom. The third kappa shape index (κ3) is 2.70. The summed E-state index contributed by atoms with van der Waals surface area (Å²) in [5.41, 5.74) is 1.68. The molecule has 1 fully saturated rings. The van der Waals surface area contributed by atoms with Crippen molar-refractivity contribution in [2.45, 2.75) is 32.7 Å². The molecule has 0 bridgehead atoms. The Hall–Kier alpha value is -1.82. The van der Waals surface area contributed by atoms with Gasteiger partial charge >= 0.3 is 5.97 Å². The molecule has 1 aromatic heterocycles. The number of carbonyl (C=O) groups excluding carboxylic acids is 1. The van der Waals surface area contributed by atoms with Crippen LogP contribution in [0.25, 0.3) is 0 Å². The van der Waals surface area contributed by atoms with Crippen molar-refractivity contribution >= 4 is 11.9 Å². The van der Waals surface area contributed by atoms with Crippen LogP contribution in [0.2, 0.25) is 0 Å². The molecule has 2 rings (SSSR count). The number of aromatic amines is 1. The molecule has 6 nitrogen and oxygen atoms in total. The monoisotopic (exact) mass is 280 g/mol. The summed E-state index contributed by atoms with van der Waals surface area (Å²) >= 11 is 0. The summed E-state index contributed by atoms with van der Waals surface area (Å²) in [6.45, 7) is 4.42. The summed E-state index contributed by atoms with van der Waals surface area (Å²) in [7, 11) is 1.60. The van der Waals surface area contributed by atoms with Crippen LogP contribution in [0, 0.1) is 13.8 Å². The first-order valence-electron chi connectivity index (χ1n) is 6.69. The fourth-order valence-electron chi connectivity index (χ4n) is 2.45. The molecular formula is C14H20N2O4. The van der Waals surface area contributed by atoms with Crippen molar-refractivity contribution < 1.29 is 19.4 Å². The number of carbonyl (C=O) groups is 2. The van der Waals surface area contributed by atoms with Gasteiger partial charge in [0.2, 0.25) is 0 Å². The number of hydrogen-bond acceptors (Lipinski definition) is 3. The minimum absolute atomic E-state index is 0.0911. The van der Waals surface area contributed by atoms with E-state index in [1.807, 2.05) is 0 Å². The predicted molar refractivity (Wildman–Crippen MR) is 73.2 cm³/mol. The van der Waals surface area contributed by atoms with E-state index in [0.717, 1.165) is 12.8 Å². The maximum absolute atomic E-state index is 12.7. The lowest BCUT2D eigenvalue weighted by Crippen LogP contribution is -2.36. The molecule has 1 amide bonds. The number of carboxylic acids is 1. The molecule has 0 aliphatic heterocycles. The fourth-order valence-corrected chi connectivity index (χ4v) is 2.45. The molecule has 2 N–H and O–H groups in total. The standard InChI is InChI=1S/C14H20N2O4/c1-8-11(9(2)15-12(8)14(18)19)13(17)16(6-7-20-3)10-4-5-10/h10,15H,4-7H2,1-3H3,(H,18,19). The van der Waals surface area contributed by atoms with Crippen LogP contribution in [-0.4, -0.2) is 53.2 Å². The van der Waals surface area contributed by atoms with Crippen LogP contribution in [0.5, 0.6) is 0 Å². The Kier molecular flexibility index (Phi) is 4.13. The zero-order valence-corrected chi connectivity index (χ0v) is 12.0. The van der Waals surface area contributed by atoms with Crippen molar-refractivity contribution in [1.29, 1.82) is 0 Å². The fraction of sp³-hybridized carbons (Fsp3) is 0.571. The van der Waals surface area contributed by atoms with Gasteiger partial charge in [-0.15, -0.1) is 0 Å². The van der Waals surface area contributed by atoms with Crippen molar-refractivity contribution in [3.05, 3.63) is 22.5 Å². The van der Waals surface area contributed by atoms with Crippen molar-refractivity contribution in [2.24, 2.45) is 0 Å². The van der Waals surface area contributed by atoms with E-state index < -0.39 is 5.97 Å². The van der Waals surface area contributed by atoms with Gasteiger partial charge in [-0.3, -0.25) is 4.79 Å². The van der Waals surface area contributed by atoms with Gasteiger partial charge in [0, 0.05) is 25.4 Å². The molecule has 6 heteroatoms. The van der Waals surface area contributed by atoms with E-state index in [1.54, 1.807) is 25.9 Å². The molecule has 0 unspecified atom stereocenters.